The molecule has 102 valence electrons. The highest BCUT2D eigenvalue weighted by Crippen LogP contribution is 2.34. The van der Waals surface area contributed by atoms with Crippen LogP contribution in [0.3, 0.4) is 0 Å². The van der Waals surface area contributed by atoms with Crippen LogP contribution in [-0.2, 0) is 0 Å². The Labute approximate surface area is 129 Å². The van der Waals surface area contributed by atoms with E-state index in [4.69, 9.17) is 5.73 Å². The molecule has 0 amide bonds. The van der Waals surface area contributed by atoms with Gasteiger partial charge in [0.15, 0.2) is 0 Å². The standard InChI is InChI=1S/C16H11BrN4/c17-12-7-6-11(14-10(12)4-3-8-19-14)15-16(18)21-9-2-1-5-13(21)20-15/h1-9H,18H2. The van der Waals surface area contributed by atoms with Crippen LogP contribution in [-0.4, -0.2) is 14.4 Å². The van der Waals surface area contributed by atoms with Crippen molar-refractivity contribution in [2.45, 2.75) is 0 Å². The molecule has 4 nitrogen and oxygen atoms in total. The summed E-state index contributed by atoms with van der Waals surface area (Å²) in [5, 5.41) is 1.05. The van der Waals surface area contributed by atoms with Crippen molar-refractivity contribution in [2.75, 3.05) is 5.73 Å². The maximum absolute atomic E-state index is 6.26. The molecule has 0 aliphatic rings. The quantitative estimate of drug-likeness (QED) is 0.572. The van der Waals surface area contributed by atoms with Crippen molar-refractivity contribution in [3.8, 4) is 11.3 Å². The molecule has 0 spiro atoms. The Hall–Kier alpha value is -2.40. The molecule has 4 aromatic rings. The first-order valence-corrected chi connectivity index (χ1v) is 7.31. The van der Waals surface area contributed by atoms with Crippen molar-refractivity contribution in [3.05, 3.63) is 59.3 Å². The number of nitrogen functional groups attached to an aromatic ring is 1. The number of nitrogens with two attached hydrogens (primary N) is 1. The second kappa shape index (κ2) is 4.56. The second-order valence-electron chi connectivity index (χ2n) is 4.77. The van der Waals surface area contributed by atoms with Gasteiger partial charge in [0, 0.05) is 27.8 Å². The van der Waals surface area contributed by atoms with Gasteiger partial charge in [-0.1, -0.05) is 28.1 Å². The highest BCUT2D eigenvalue weighted by Gasteiger charge is 2.15. The Morgan fingerprint density at radius 3 is 2.81 bits per heavy atom. The molecule has 3 aromatic heterocycles. The van der Waals surface area contributed by atoms with E-state index in [2.05, 4.69) is 25.9 Å². The monoisotopic (exact) mass is 338 g/mol. The molecule has 0 atom stereocenters. The number of halogens is 1. The third kappa shape index (κ3) is 1.81. The molecular formula is C16H11BrN4. The number of nitrogens with zero attached hydrogens (tertiary/aromatic N) is 3. The lowest BCUT2D eigenvalue weighted by atomic mass is 10.1. The fourth-order valence-electron chi connectivity index (χ4n) is 2.54. The molecule has 4 rings (SSSR count). The SMILES string of the molecule is Nc1c(-c2ccc(Br)c3cccnc23)nc2ccccn12. The van der Waals surface area contributed by atoms with Gasteiger partial charge < -0.3 is 5.73 Å². The Kier molecular flexibility index (Phi) is 2.68. The van der Waals surface area contributed by atoms with Crippen molar-refractivity contribution < 1.29 is 0 Å². The Balaban J connectivity index is 2.10. The van der Waals surface area contributed by atoms with Crippen molar-refractivity contribution in [2.24, 2.45) is 0 Å². The van der Waals surface area contributed by atoms with Gasteiger partial charge in [-0.25, -0.2) is 4.98 Å². The van der Waals surface area contributed by atoms with Crippen molar-refractivity contribution >= 4 is 38.3 Å². The van der Waals surface area contributed by atoms with Crippen LogP contribution in [0.5, 0.6) is 0 Å². The van der Waals surface area contributed by atoms with Crippen molar-refractivity contribution in [1.29, 1.82) is 0 Å². The van der Waals surface area contributed by atoms with Gasteiger partial charge in [-0.3, -0.25) is 9.38 Å². The van der Waals surface area contributed by atoms with E-state index in [1.54, 1.807) is 6.20 Å². The third-order valence-corrected chi connectivity index (χ3v) is 4.23. The summed E-state index contributed by atoms with van der Waals surface area (Å²) in [5.41, 5.74) is 9.68. The first-order chi connectivity index (χ1) is 10.3. The number of aromatic nitrogens is 3. The fourth-order valence-corrected chi connectivity index (χ4v) is 2.99. The summed E-state index contributed by atoms with van der Waals surface area (Å²) >= 11 is 3.56. The molecular weight excluding hydrogens is 328 g/mol. The summed E-state index contributed by atoms with van der Waals surface area (Å²) in [6.07, 6.45) is 3.69. The highest BCUT2D eigenvalue weighted by atomic mass is 79.9. The van der Waals surface area contributed by atoms with Gasteiger partial charge in [-0.2, -0.15) is 0 Å². The summed E-state index contributed by atoms with van der Waals surface area (Å²) in [7, 11) is 0. The molecule has 0 aliphatic heterocycles. The molecule has 0 radical (unpaired) electrons. The predicted octanol–water partition coefficient (Wildman–Crippen LogP) is 3.89. The highest BCUT2D eigenvalue weighted by molar-refractivity contribution is 9.10. The first kappa shape index (κ1) is 12.3. The van der Waals surface area contributed by atoms with Crippen LogP contribution in [0.25, 0.3) is 27.8 Å². The number of imidazole rings is 1. The Morgan fingerprint density at radius 2 is 1.95 bits per heavy atom. The van der Waals surface area contributed by atoms with Crippen molar-refractivity contribution in [3.63, 3.8) is 0 Å². The van der Waals surface area contributed by atoms with E-state index >= 15 is 0 Å². The summed E-state index contributed by atoms with van der Waals surface area (Å²) in [6.45, 7) is 0. The molecule has 5 heteroatoms. The molecule has 0 saturated carbocycles. The average Bonchev–Trinajstić information content (AvgIpc) is 2.86. The van der Waals surface area contributed by atoms with E-state index in [-0.39, 0.29) is 0 Å². The lowest BCUT2D eigenvalue weighted by Gasteiger charge is -2.06. The van der Waals surface area contributed by atoms with E-state index in [0.717, 1.165) is 32.3 Å². The molecule has 2 N–H and O–H groups in total. The van der Waals surface area contributed by atoms with Crippen molar-refractivity contribution in [1.82, 2.24) is 14.4 Å². The first-order valence-electron chi connectivity index (χ1n) is 6.52. The molecule has 1 aromatic carbocycles. The van der Waals surface area contributed by atoms with Crippen LogP contribution in [0.15, 0.2) is 59.3 Å². The molecule has 0 fully saturated rings. The largest absolute Gasteiger partial charge is 0.383 e. The van der Waals surface area contributed by atoms with E-state index in [1.807, 2.05) is 53.1 Å². The molecule has 0 aliphatic carbocycles. The lowest BCUT2D eigenvalue weighted by Crippen LogP contribution is -1.94. The zero-order chi connectivity index (χ0) is 14.4. The zero-order valence-corrected chi connectivity index (χ0v) is 12.6. The van der Waals surface area contributed by atoms with E-state index in [1.165, 1.54) is 0 Å². The van der Waals surface area contributed by atoms with Gasteiger partial charge in [-0.15, -0.1) is 0 Å². The number of fused-ring (bicyclic) bond motifs is 2. The van der Waals surface area contributed by atoms with E-state index in [0.29, 0.717) is 5.82 Å². The summed E-state index contributed by atoms with van der Waals surface area (Å²) in [4.78, 5) is 9.14. The van der Waals surface area contributed by atoms with Crippen LogP contribution in [0, 0.1) is 0 Å². The third-order valence-electron chi connectivity index (χ3n) is 3.54. The minimum Gasteiger partial charge on any atom is -0.383 e. The Morgan fingerprint density at radius 1 is 1.05 bits per heavy atom. The topological polar surface area (TPSA) is 56.2 Å². The number of hydrogen-bond donors (Lipinski definition) is 1. The van der Waals surface area contributed by atoms with Gasteiger partial charge in [0.25, 0.3) is 0 Å². The maximum atomic E-state index is 6.26. The maximum Gasteiger partial charge on any atom is 0.139 e. The summed E-state index contributed by atoms with van der Waals surface area (Å²) in [6, 6.07) is 13.8. The molecule has 0 saturated heterocycles. The van der Waals surface area contributed by atoms with Crippen LogP contribution in [0.2, 0.25) is 0 Å². The zero-order valence-electron chi connectivity index (χ0n) is 11.0. The van der Waals surface area contributed by atoms with E-state index in [9.17, 15) is 0 Å². The van der Waals surface area contributed by atoms with E-state index < -0.39 is 0 Å². The fraction of sp³-hybridized carbons (Fsp3) is 0. The number of anilines is 1. The van der Waals surface area contributed by atoms with Crippen LogP contribution in [0.4, 0.5) is 5.82 Å². The second-order valence-corrected chi connectivity index (χ2v) is 5.62. The Bertz CT molecular complexity index is 975. The van der Waals surface area contributed by atoms with Crippen LogP contribution in [0.1, 0.15) is 0 Å². The number of pyridine rings is 2. The molecule has 3 heterocycles. The predicted molar refractivity (Wildman–Crippen MR) is 88.0 cm³/mol. The number of rotatable bonds is 1. The van der Waals surface area contributed by atoms with Crippen LogP contribution >= 0.6 is 15.9 Å². The van der Waals surface area contributed by atoms with Gasteiger partial charge in [-0.05, 0) is 30.3 Å². The minimum atomic E-state index is 0.625. The molecule has 0 unspecified atom stereocenters. The van der Waals surface area contributed by atoms with Gasteiger partial charge in [0.2, 0.25) is 0 Å². The minimum absolute atomic E-state index is 0.625. The smallest absolute Gasteiger partial charge is 0.139 e. The summed E-state index contributed by atoms with van der Waals surface area (Å²) < 4.78 is 2.89. The van der Waals surface area contributed by atoms with Gasteiger partial charge >= 0.3 is 0 Å². The lowest BCUT2D eigenvalue weighted by molar-refractivity contribution is 1.20. The van der Waals surface area contributed by atoms with Crippen LogP contribution < -0.4 is 5.73 Å². The van der Waals surface area contributed by atoms with Gasteiger partial charge in [0.05, 0.1) is 5.52 Å². The number of hydrogen-bond acceptors (Lipinski definition) is 3. The summed E-state index contributed by atoms with van der Waals surface area (Å²) in [5.74, 6) is 0.625. The van der Waals surface area contributed by atoms with Gasteiger partial charge in [0.1, 0.15) is 17.2 Å². The molecule has 0 bridgehead atoms. The normalized spacial score (nSPS) is 11.3. The average molecular weight is 339 g/mol. The number of benzene rings is 1. The molecule has 21 heavy (non-hydrogen) atoms.